The van der Waals surface area contributed by atoms with Gasteiger partial charge in [-0.05, 0) is 36.1 Å². The number of hydrogen-bond acceptors (Lipinski definition) is 5. The fourth-order valence-electron chi connectivity index (χ4n) is 4.31. The van der Waals surface area contributed by atoms with Crippen molar-refractivity contribution in [3.05, 3.63) is 102 Å². The van der Waals surface area contributed by atoms with E-state index in [1.165, 1.54) is 17.3 Å². The average Bonchev–Trinajstić information content (AvgIpc) is 3.25. The molecule has 2 atom stereocenters. The highest BCUT2D eigenvalue weighted by molar-refractivity contribution is 8.15. The van der Waals surface area contributed by atoms with Crippen molar-refractivity contribution < 1.29 is 9.59 Å². The maximum Gasteiger partial charge on any atom is 0.275 e. The molecular formula is C28H26N4O2S. The van der Waals surface area contributed by atoms with Gasteiger partial charge in [0.25, 0.3) is 5.91 Å². The van der Waals surface area contributed by atoms with Crippen molar-refractivity contribution in [3.8, 4) is 0 Å². The van der Waals surface area contributed by atoms with Gasteiger partial charge >= 0.3 is 0 Å². The van der Waals surface area contributed by atoms with Gasteiger partial charge in [0, 0.05) is 12.1 Å². The molecule has 35 heavy (non-hydrogen) atoms. The topological polar surface area (TPSA) is 74.1 Å². The fourth-order valence-corrected chi connectivity index (χ4v) is 5.38. The Bertz CT molecular complexity index is 1290. The molecule has 7 heteroatoms. The molecule has 0 radical (unpaired) electrons. The molecule has 176 valence electrons. The zero-order valence-corrected chi connectivity index (χ0v) is 20.2. The molecule has 3 aromatic carbocycles. The number of hydrogen-bond donors (Lipinski definition) is 1. The summed E-state index contributed by atoms with van der Waals surface area (Å²) in [5, 5.41) is 3.35. The molecule has 0 saturated carbocycles. The summed E-state index contributed by atoms with van der Waals surface area (Å²) < 4.78 is 0. The van der Waals surface area contributed by atoms with Crippen LogP contribution in [-0.4, -0.2) is 39.5 Å². The summed E-state index contributed by atoms with van der Waals surface area (Å²) in [6.07, 6.45) is 1.41. The molecule has 0 aliphatic carbocycles. The van der Waals surface area contributed by atoms with E-state index < -0.39 is 6.04 Å². The third kappa shape index (κ3) is 4.77. The van der Waals surface area contributed by atoms with Gasteiger partial charge in [-0.15, -0.1) is 0 Å². The van der Waals surface area contributed by atoms with E-state index in [0.29, 0.717) is 24.0 Å². The molecule has 0 spiro atoms. The van der Waals surface area contributed by atoms with Crippen molar-refractivity contribution in [3.63, 3.8) is 0 Å². The lowest BCUT2D eigenvalue weighted by Gasteiger charge is -2.32. The Morgan fingerprint density at radius 1 is 0.971 bits per heavy atom. The molecule has 3 aromatic rings. The number of benzene rings is 3. The summed E-state index contributed by atoms with van der Waals surface area (Å²) in [7, 11) is 0. The number of rotatable bonds is 7. The minimum atomic E-state index is -0.593. The van der Waals surface area contributed by atoms with E-state index >= 15 is 0 Å². The van der Waals surface area contributed by atoms with Crippen LogP contribution in [0.25, 0.3) is 0 Å². The van der Waals surface area contributed by atoms with Crippen LogP contribution in [0.3, 0.4) is 0 Å². The van der Waals surface area contributed by atoms with E-state index in [1.807, 2.05) is 84.6 Å². The lowest BCUT2D eigenvalue weighted by molar-refractivity contribution is -0.121. The van der Waals surface area contributed by atoms with Crippen molar-refractivity contribution in [2.24, 2.45) is 9.98 Å². The average molecular weight is 483 g/mol. The molecule has 5 rings (SSSR count). The predicted molar refractivity (Wildman–Crippen MR) is 141 cm³/mol. The second-order valence-electron chi connectivity index (χ2n) is 8.41. The highest BCUT2D eigenvalue weighted by atomic mass is 32.2. The zero-order chi connectivity index (χ0) is 24.2. The van der Waals surface area contributed by atoms with Gasteiger partial charge in [0.15, 0.2) is 5.17 Å². The molecule has 0 fully saturated rings. The number of thioether (sulfide) groups is 1. The minimum Gasteiger partial charge on any atom is -0.355 e. The Labute approximate surface area is 209 Å². The Hall–Kier alpha value is -3.71. The van der Waals surface area contributed by atoms with Crippen LogP contribution in [0.2, 0.25) is 0 Å². The summed E-state index contributed by atoms with van der Waals surface area (Å²) in [6, 6.07) is 26.8. The Morgan fingerprint density at radius 2 is 1.66 bits per heavy atom. The number of aliphatic imine (C=N–C) groups is 2. The third-order valence-electron chi connectivity index (χ3n) is 6.09. The maximum absolute atomic E-state index is 13.1. The number of carbonyl (C=O) groups excluding carboxylic acids is 2. The summed E-state index contributed by atoms with van der Waals surface area (Å²) >= 11 is 1.39. The summed E-state index contributed by atoms with van der Waals surface area (Å²) in [5.74, 6) is 0.336. The first kappa shape index (κ1) is 23.1. The molecule has 0 aromatic heterocycles. The number of amidine groups is 2. The molecule has 2 aliphatic rings. The van der Waals surface area contributed by atoms with Crippen LogP contribution in [0.1, 0.15) is 36.1 Å². The Morgan fingerprint density at radius 3 is 2.40 bits per heavy atom. The smallest absolute Gasteiger partial charge is 0.275 e. The first-order valence-electron chi connectivity index (χ1n) is 11.8. The van der Waals surface area contributed by atoms with Gasteiger partial charge in [0.1, 0.15) is 11.9 Å². The third-order valence-corrected chi connectivity index (χ3v) is 7.42. The highest BCUT2D eigenvalue weighted by Crippen LogP contribution is 2.40. The summed E-state index contributed by atoms with van der Waals surface area (Å²) in [6.45, 7) is 2.56. The van der Waals surface area contributed by atoms with Crippen LogP contribution in [0.15, 0.2) is 94.9 Å². The monoisotopic (exact) mass is 482 g/mol. The van der Waals surface area contributed by atoms with Gasteiger partial charge in [-0.1, -0.05) is 91.5 Å². The predicted octanol–water partition coefficient (Wildman–Crippen LogP) is 4.89. The molecule has 0 saturated heterocycles. The molecule has 6 nitrogen and oxygen atoms in total. The number of amides is 2. The fraction of sp³-hybridized carbons (Fsp3) is 0.214. The van der Waals surface area contributed by atoms with Crippen LogP contribution in [-0.2, 0) is 16.0 Å². The van der Waals surface area contributed by atoms with Crippen LogP contribution < -0.4 is 5.32 Å². The normalized spacial score (nSPS) is 17.2. The van der Waals surface area contributed by atoms with Gasteiger partial charge in [-0.3, -0.25) is 14.5 Å². The van der Waals surface area contributed by atoms with Gasteiger partial charge in [0.2, 0.25) is 5.91 Å². The molecule has 2 aliphatic heterocycles. The quantitative estimate of drug-likeness (QED) is 0.520. The lowest BCUT2D eigenvalue weighted by Crippen LogP contribution is -2.41. The van der Waals surface area contributed by atoms with Crippen molar-refractivity contribution in [1.29, 1.82) is 0 Å². The van der Waals surface area contributed by atoms with Gasteiger partial charge < -0.3 is 5.32 Å². The maximum atomic E-state index is 13.1. The van der Waals surface area contributed by atoms with E-state index in [0.717, 1.165) is 23.2 Å². The number of fused-ring (bicyclic) bond motifs is 3. The number of nitrogens with one attached hydrogen (secondary N) is 1. The van der Waals surface area contributed by atoms with Crippen molar-refractivity contribution in [1.82, 2.24) is 10.2 Å². The molecule has 0 bridgehead atoms. The van der Waals surface area contributed by atoms with E-state index in [-0.39, 0.29) is 17.1 Å². The van der Waals surface area contributed by atoms with Gasteiger partial charge in [-0.25, -0.2) is 4.99 Å². The van der Waals surface area contributed by atoms with E-state index in [1.54, 1.807) is 0 Å². The van der Waals surface area contributed by atoms with Crippen LogP contribution in [0.5, 0.6) is 0 Å². The standard InChI is InChI=1S/C28H26N4O2S/c1-2-23(26(33)29-18-17-19-11-5-3-6-12-19)35-28-30-22-16-10-9-15-21(22)25-31-27(34)24(32(25)28)20-13-7-4-8-14-20/h3-16,23-24H,2,17-18H2,1H3,(H,29,33). The number of para-hydroxylation sites is 1. The second-order valence-corrected chi connectivity index (χ2v) is 9.58. The van der Waals surface area contributed by atoms with Crippen LogP contribution in [0.4, 0.5) is 5.69 Å². The van der Waals surface area contributed by atoms with E-state index in [9.17, 15) is 9.59 Å². The second kappa shape index (κ2) is 10.3. The SMILES string of the molecule is CCC(SC1=Nc2ccccc2C2=NC(=O)C(c3ccccc3)N12)C(=O)NCCc1ccccc1. The number of nitrogens with zero attached hydrogens (tertiary/aromatic N) is 3. The summed E-state index contributed by atoms with van der Waals surface area (Å²) in [4.78, 5) is 37.4. The highest BCUT2D eigenvalue weighted by Gasteiger charge is 2.43. The van der Waals surface area contributed by atoms with Crippen molar-refractivity contribution in [2.45, 2.75) is 31.1 Å². The lowest BCUT2D eigenvalue weighted by atomic mass is 10.0. The largest absolute Gasteiger partial charge is 0.355 e. The molecule has 2 amide bonds. The van der Waals surface area contributed by atoms with E-state index in [4.69, 9.17) is 4.99 Å². The van der Waals surface area contributed by atoms with Crippen LogP contribution in [0, 0.1) is 0 Å². The first-order chi connectivity index (χ1) is 17.2. The molecule has 2 heterocycles. The first-order valence-corrected chi connectivity index (χ1v) is 12.7. The van der Waals surface area contributed by atoms with Crippen LogP contribution >= 0.6 is 11.8 Å². The molecule has 1 N–H and O–H groups in total. The Kier molecular flexibility index (Phi) is 6.77. The summed E-state index contributed by atoms with van der Waals surface area (Å²) in [5.41, 5.74) is 3.61. The zero-order valence-electron chi connectivity index (χ0n) is 19.4. The Balaban J connectivity index is 1.39. The minimum absolute atomic E-state index is 0.0322. The van der Waals surface area contributed by atoms with Gasteiger partial charge in [-0.2, -0.15) is 4.99 Å². The molecular weight excluding hydrogens is 456 g/mol. The van der Waals surface area contributed by atoms with E-state index in [2.05, 4.69) is 22.4 Å². The van der Waals surface area contributed by atoms with Crippen molar-refractivity contribution >= 4 is 40.3 Å². The van der Waals surface area contributed by atoms with Gasteiger partial charge in [0.05, 0.1) is 10.9 Å². The number of carbonyl (C=O) groups is 2. The van der Waals surface area contributed by atoms with Crippen molar-refractivity contribution in [2.75, 3.05) is 6.54 Å². The molecule has 2 unspecified atom stereocenters.